The van der Waals surface area contributed by atoms with E-state index < -0.39 is 11.7 Å². The highest BCUT2D eigenvalue weighted by molar-refractivity contribution is 6.33. The molecule has 0 atom stereocenters. The van der Waals surface area contributed by atoms with E-state index in [1.807, 2.05) is 6.92 Å². The molecule has 0 bridgehead atoms. The Morgan fingerprint density at radius 2 is 2.00 bits per heavy atom. The van der Waals surface area contributed by atoms with Gasteiger partial charge in [0, 0.05) is 5.02 Å². The number of benzene rings is 2. The number of hydrogen-bond acceptors (Lipinski definition) is 2. The fraction of sp³-hybridized carbons (Fsp3) is 0.188. The number of hydrogen-bond donors (Lipinski definition) is 1. The van der Waals surface area contributed by atoms with Crippen LogP contribution in [0.4, 0.5) is 4.39 Å². The molecule has 0 spiro atoms. The summed E-state index contributed by atoms with van der Waals surface area (Å²) in [6.45, 7) is 2.35. The first-order valence-electron chi connectivity index (χ1n) is 6.60. The number of aryl methyl sites for hydroxylation is 1. The van der Waals surface area contributed by atoms with Gasteiger partial charge in [-0.1, -0.05) is 29.3 Å². The van der Waals surface area contributed by atoms with Crippen LogP contribution < -0.4 is 10.1 Å². The van der Waals surface area contributed by atoms with E-state index in [9.17, 15) is 9.18 Å². The normalized spacial score (nSPS) is 10.4. The lowest BCUT2D eigenvalue weighted by Gasteiger charge is -2.10. The monoisotopic (exact) mass is 341 g/mol. The summed E-state index contributed by atoms with van der Waals surface area (Å²) in [5.74, 6) is -0.571. The van der Waals surface area contributed by atoms with Gasteiger partial charge in [0.1, 0.15) is 18.2 Å². The van der Waals surface area contributed by atoms with Crippen molar-refractivity contribution in [3.63, 3.8) is 0 Å². The van der Waals surface area contributed by atoms with Gasteiger partial charge >= 0.3 is 0 Å². The second-order valence-corrected chi connectivity index (χ2v) is 5.43. The van der Waals surface area contributed by atoms with Crippen LogP contribution in [-0.2, 0) is 0 Å². The van der Waals surface area contributed by atoms with Crippen molar-refractivity contribution in [3.8, 4) is 5.75 Å². The largest absolute Gasteiger partial charge is 0.492 e. The van der Waals surface area contributed by atoms with Crippen LogP contribution in [0.3, 0.4) is 0 Å². The van der Waals surface area contributed by atoms with Crippen molar-refractivity contribution in [1.82, 2.24) is 5.32 Å². The molecule has 0 aliphatic rings. The van der Waals surface area contributed by atoms with Gasteiger partial charge in [-0.3, -0.25) is 4.79 Å². The van der Waals surface area contributed by atoms with E-state index >= 15 is 0 Å². The van der Waals surface area contributed by atoms with Gasteiger partial charge in [-0.2, -0.15) is 0 Å². The molecule has 1 N–H and O–H groups in total. The molecule has 2 rings (SSSR count). The summed E-state index contributed by atoms with van der Waals surface area (Å²) in [4.78, 5) is 11.9. The van der Waals surface area contributed by atoms with Crippen molar-refractivity contribution in [3.05, 3.63) is 63.4 Å². The third kappa shape index (κ3) is 4.12. The molecular weight excluding hydrogens is 328 g/mol. The summed E-state index contributed by atoms with van der Waals surface area (Å²) in [7, 11) is 0. The minimum Gasteiger partial charge on any atom is -0.492 e. The fourth-order valence-corrected chi connectivity index (χ4v) is 2.21. The average molecular weight is 342 g/mol. The van der Waals surface area contributed by atoms with Gasteiger partial charge in [0.2, 0.25) is 0 Å². The van der Waals surface area contributed by atoms with Crippen molar-refractivity contribution in [1.29, 1.82) is 0 Å². The highest BCUT2D eigenvalue weighted by Gasteiger charge is 2.14. The molecule has 6 heteroatoms. The van der Waals surface area contributed by atoms with Crippen LogP contribution in [0, 0.1) is 12.7 Å². The quantitative estimate of drug-likeness (QED) is 0.825. The Kier molecular flexibility index (Phi) is 5.63. The minimum absolute atomic E-state index is 0.0757. The number of ether oxygens (including phenoxy) is 1. The summed E-state index contributed by atoms with van der Waals surface area (Å²) in [6.07, 6.45) is 0. The molecule has 22 heavy (non-hydrogen) atoms. The lowest BCUT2D eigenvalue weighted by Crippen LogP contribution is -2.29. The van der Waals surface area contributed by atoms with Gasteiger partial charge in [0.05, 0.1) is 17.1 Å². The Morgan fingerprint density at radius 1 is 1.23 bits per heavy atom. The van der Waals surface area contributed by atoms with E-state index in [1.165, 1.54) is 18.2 Å². The van der Waals surface area contributed by atoms with Crippen LogP contribution in [-0.4, -0.2) is 19.1 Å². The zero-order chi connectivity index (χ0) is 16.1. The molecule has 2 aromatic carbocycles. The molecule has 2 aromatic rings. The molecule has 3 nitrogen and oxygen atoms in total. The van der Waals surface area contributed by atoms with Crippen molar-refractivity contribution >= 4 is 29.1 Å². The predicted molar refractivity (Wildman–Crippen MR) is 85.4 cm³/mol. The van der Waals surface area contributed by atoms with E-state index in [2.05, 4.69) is 5.32 Å². The number of carbonyl (C=O) groups is 1. The van der Waals surface area contributed by atoms with Crippen LogP contribution >= 0.6 is 23.2 Å². The van der Waals surface area contributed by atoms with Gasteiger partial charge in [0.15, 0.2) is 0 Å². The van der Waals surface area contributed by atoms with E-state index in [0.29, 0.717) is 10.8 Å². The molecule has 0 radical (unpaired) electrons. The molecular formula is C16H14Cl2FNO2. The van der Waals surface area contributed by atoms with Crippen LogP contribution in [0.1, 0.15) is 15.9 Å². The van der Waals surface area contributed by atoms with Gasteiger partial charge in [-0.25, -0.2) is 4.39 Å². The third-order valence-corrected chi connectivity index (χ3v) is 3.71. The van der Waals surface area contributed by atoms with Gasteiger partial charge in [-0.15, -0.1) is 0 Å². The first kappa shape index (κ1) is 16.6. The number of halogens is 3. The summed E-state index contributed by atoms with van der Waals surface area (Å²) in [6, 6.07) is 9.38. The standard InChI is InChI=1S/C16H14Cl2FNO2/c1-10-9-11(5-6-12(10)17)22-8-7-20-16(21)15-13(18)3-2-4-14(15)19/h2-6,9H,7-8H2,1H3,(H,20,21). The highest BCUT2D eigenvalue weighted by atomic mass is 35.5. The number of amides is 1. The SMILES string of the molecule is Cc1cc(OCCNC(=O)c2c(F)cccc2Cl)ccc1Cl. The zero-order valence-electron chi connectivity index (χ0n) is 11.8. The smallest absolute Gasteiger partial charge is 0.255 e. The van der Waals surface area contributed by atoms with Gasteiger partial charge in [0.25, 0.3) is 5.91 Å². The van der Waals surface area contributed by atoms with E-state index in [0.717, 1.165) is 5.56 Å². The van der Waals surface area contributed by atoms with E-state index in [-0.39, 0.29) is 23.7 Å². The first-order valence-corrected chi connectivity index (χ1v) is 7.36. The number of rotatable bonds is 5. The second kappa shape index (κ2) is 7.47. The van der Waals surface area contributed by atoms with Gasteiger partial charge in [-0.05, 0) is 42.8 Å². The molecule has 1 amide bonds. The Morgan fingerprint density at radius 3 is 2.68 bits per heavy atom. The van der Waals surface area contributed by atoms with Gasteiger partial charge < -0.3 is 10.1 Å². The molecule has 0 aliphatic carbocycles. The van der Waals surface area contributed by atoms with E-state index in [4.69, 9.17) is 27.9 Å². The van der Waals surface area contributed by atoms with Crippen LogP contribution in [0.15, 0.2) is 36.4 Å². The van der Waals surface area contributed by atoms with Crippen molar-refractivity contribution in [2.45, 2.75) is 6.92 Å². The fourth-order valence-electron chi connectivity index (χ4n) is 1.84. The maximum atomic E-state index is 13.6. The maximum absolute atomic E-state index is 13.6. The first-order chi connectivity index (χ1) is 10.5. The Bertz CT molecular complexity index is 672. The molecule has 0 aromatic heterocycles. The summed E-state index contributed by atoms with van der Waals surface area (Å²) < 4.78 is 19.1. The Labute approximate surface area is 138 Å². The highest BCUT2D eigenvalue weighted by Crippen LogP contribution is 2.21. The predicted octanol–water partition coefficient (Wildman–Crippen LogP) is 4.25. The van der Waals surface area contributed by atoms with Crippen LogP contribution in [0.2, 0.25) is 10.0 Å². The summed E-state index contributed by atoms with van der Waals surface area (Å²) in [5.41, 5.74) is 0.743. The third-order valence-electron chi connectivity index (χ3n) is 2.98. The molecule has 0 saturated carbocycles. The zero-order valence-corrected chi connectivity index (χ0v) is 13.3. The van der Waals surface area contributed by atoms with Crippen LogP contribution in [0.25, 0.3) is 0 Å². The molecule has 0 aliphatic heterocycles. The topological polar surface area (TPSA) is 38.3 Å². The minimum atomic E-state index is -0.653. The van der Waals surface area contributed by atoms with Crippen molar-refractivity contribution in [2.75, 3.05) is 13.2 Å². The van der Waals surface area contributed by atoms with Crippen LogP contribution in [0.5, 0.6) is 5.75 Å². The summed E-state index contributed by atoms with van der Waals surface area (Å²) >= 11 is 11.7. The number of carbonyl (C=O) groups excluding carboxylic acids is 1. The summed E-state index contributed by atoms with van der Waals surface area (Å²) in [5, 5.41) is 3.30. The molecule has 0 heterocycles. The lowest BCUT2D eigenvalue weighted by atomic mass is 10.2. The second-order valence-electron chi connectivity index (χ2n) is 4.61. The molecule has 116 valence electrons. The molecule has 0 saturated heterocycles. The molecule has 0 fully saturated rings. The lowest BCUT2D eigenvalue weighted by molar-refractivity contribution is 0.0943. The van der Waals surface area contributed by atoms with Crippen molar-refractivity contribution in [2.24, 2.45) is 0 Å². The Hall–Kier alpha value is -1.78. The number of nitrogens with one attached hydrogen (secondary N) is 1. The average Bonchev–Trinajstić information content (AvgIpc) is 2.47. The Balaban J connectivity index is 1.86. The maximum Gasteiger partial charge on any atom is 0.255 e. The molecule has 0 unspecified atom stereocenters. The van der Waals surface area contributed by atoms with Crippen molar-refractivity contribution < 1.29 is 13.9 Å². The van der Waals surface area contributed by atoms with E-state index in [1.54, 1.807) is 18.2 Å².